The summed E-state index contributed by atoms with van der Waals surface area (Å²) >= 11 is 0. The zero-order valence-electron chi connectivity index (χ0n) is 15.7. The Kier molecular flexibility index (Phi) is 6.48. The molecule has 2 aliphatic rings. The Bertz CT molecular complexity index is 686. The van der Waals surface area contributed by atoms with Gasteiger partial charge >= 0.3 is 5.97 Å². The molecule has 1 N–H and O–H groups in total. The van der Waals surface area contributed by atoms with Crippen molar-refractivity contribution >= 4 is 17.8 Å². The largest absolute Gasteiger partial charge is 0.478 e. The number of amides is 2. The number of carbonyl (C=O) groups excluding carboxylic acids is 2. The molecular weight excluding hydrogens is 344 g/mol. The summed E-state index contributed by atoms with van der Waals surface area (Å²) < 4.78 is 0. The lowest BCUT2D eigenvalue weighted by atomic mass is 9.90. The number of nitrogens with zero attached hydrogens (tertiary/aromatic N) is 2. The summed E-state index contributed by atoms with van der Waals surface area (Å²) in [7, 11) is 0. The molecule has 2 heterocycles. The van der Waals surface area contributed by atoms with E-state index in [2.05, 4.69) is 0 Å². The van der Waals surface area contributed by atoms with Gasteiger partial charge in [0.15, 0.2) is 0 Å². The van der Waals surface area contributed by atoms with Gasteiger partial charge in [0.1, 0.15) is 0 Å². The van der Waals surface area contributed by atoms with Crippen LogP contribution in [0.4, 0.5) is 0 Å². The Morgan fingerprint density at radius 3 is 2.56 bits per heavy atom. The second-order valence-corrected chi connectivity index (χ2v) is 7.55. The van der Waals surface area contributed by atoms with E-state index in [1.165, 1.54) is 0 Å². The smallest absolute Gasteiger partial charge is 0.335 e. The van der Waals surface area contributed by atoms with E-state index in [0.29, 0.717) is 25.9 Å². The minimum absolute atomic E-state index is 0.159. The highest BCUT2D eigenvalue weighted by Gasteiger charge is 2.25. The molecule has 0 saturated carbocycles. The van der Waals surface area contributed by atoms with Crippen molar-refractivity contribution in [2.75, 3.05) is 26.2 Å². The van der Waals surface area contributed by atoms with Crippen LogP contribution in [0.25, 0.3) is 0 Å². The van der Waals surface area contributed by atoms with Crippen LogP contribution >= 0.6 is 0 Å². The fourth-order valence-electron chi connectivity index (χ4n) is 4.05. The number of carbonyl (C=O) groups is 3. The number of carboxylic acid groups (broad SMARTS) is 1. The first kappa shape index (κ1) is 19.4. The summed E-state index contributed by atoms with van der Waals surface area (Å²) in [5.74, 6) is -0.286. The summed E-state index contributed by atoms with van der Waals surface area (Å²) in [5, 5.41) is 9.02. The molecule has 0 spiro atoms. The molecule has 0 radical (unpaired) electrons. The molecule has 1 aromatic rings. The molecule has 2 aliphatic heterocycles. The van der Waals surface area contributed by atoms with Crippen LogP contribution in [-0.4, -0.2) is 58.9 Å². The second kappa shape index (κ2) is 9.02. The van der Waals surface area contributed by atoms with Crippen molar-refractivity contribution in [1.29, 1.82) is 0 Å². The molecule has 146 valence electrons. The maximum Gasteiger partial charge on any atom is 0.335 e. The van der Waals surface area contributed by atoms with Gasteiger partial charge in [-0.25, -0.2) is 4.79 Å². The standard InChI is InChI=1S/C21H28N2O4/c24-19-6-1-2-12-22(19)13-4-7-20(25)23-14-3-5-18(15-23)16-8-10-17(11-9-16)21(26)27/h8-11,18H,1-7,12-15H2,(H,26,27)/t18-/m0/s1. The van der Waals surface area contributed by atoms with Gasteiger partial charge in [-0.1, -0.05) is 12.1 Å². The lowest BCUT2D eigenvalue weighted by Gasteiger charge is -2.33. The molecule has 0 aromatic heterocycles. The Hall–Kier alpha value is -2.37. The number of carboxylic acids is 1. The van der Waals surface area contributed by atoms with E-state index in [0.717, 1.165) is 50.8 Å². The molecule has 2 amide bonds. The van der Waals surface area contributed by atoms with E-state index in [1.807, 2.05) is 21.9 Å². The summed E-state index contributed by atoms with van der Waals surface area (Å²) in [4.78, 5) is 39.2. The van der Waals surface area contributed by atoms with Crippen LogP contribution in [0, 0.1) is 0 Å². The first-order valence-electron chi connectivity index (χ1n) is 9.93. The van der Waals surface area contributed by atoms with Crippen molar-refractivity contribution in [1.82, 2.24) is 9.80 Å². The zero-order chi connectivity index (χ0) is 19.2. The van der Waals surface area contributed by atoms with Crippen LogP contribution in [0.3, 0.4) is 0 Å². The number of rotatable bonds is 6. The molecule has 0 aliphatic carbocycles. The Morgan fingerprint density at radius 1 is 1.07 bits per heavy atom. The van der Waals surface area contributed by atoms with E-state index in [4.69, 9.17) is 5.11 Å². The highest BCUT2D eigenvalue weighted by atomic mass is 16.4. The van der Waals surface area contributed by atoms with E-state index >= 15 is 0 Å². The van der Waals surface area contributed by atoms with Crippen LogP contribution in [0.5, 0.6) is 0 Å². The molecule has 1 atom stereocenters. The number of piperidine rings is 2. The van der Waals surface area contributed by atoms with Crippen molar-refractivity contribution in [3.63, 3.8) is 0 Å². The minimum Gasteiger partial charge on any atom is -0.478 e. The fourth-order valence-corrected chi connectivity index (χ4v) is 4.05. The van der Waals surface area contributed by atoms with Crippen molar-refractivity contribution in [3.8, 4) is 0 Å². The summed E-state index contributed by atoms with van der Waals surface area (Å²) in [6.07, 6.45) is 5.86. The molecular formula is C21H28N2O4. The van der Waals surface area contributed by atoms with Crippen LogP contribution < -0.4 is 0 Å². The third-order valence-electron chi connectivity index (χ3n) is 5.64. The third kappa shape index (κ3) is 5.08. The molecule has 1 aromatic carbocycles. The summed E-state index contributed by atoms with van der Waals surface area (Å²) in [5.41, 5.74) is 1.38. The Balaban J connectivity index is 1.48. The van der Waals surface area contributed by atoms with E-state index in [1.54, 1.807) is 12.1 Å². The molecule has 2 fully saturated rings. The maximum atomic E-state index is 12.6. The van der Waals surface area contributed by atoms with Crippen molar-refractivity contribution in [3.05, 3.63) is 35.4 Å². The van der Waals surface area contributed by atoms with Crippen LogP contribution in [0.1, 0.15) is 66.8 Å². The van der Waals surface area contributed by atoms with E-state index in [9.17, 15) is 14.4 Å². The Labute approximate surface area is 160 Å². The van der Waals surface area contributed by atoms with Crippen molar-refractivity contribution < 1.29 is 19.5 Å². The normalized spacial score (nSPS) is 20.6. The summed E-state index contributed by atoms with van der Waals surface area (Å²) in [6, 6.07) is 7.00. The van der Waals surface area contributed by atoms with Gasteiger partial charge in [-0.3, -0.25) is 9.59 Å². The predicted octanol–water partition coefficient (Wildman–Crippen LogP) is 2.88. The van der Waals surface area contributed by atoms with Gasteiger partial charge in [-0.05, 0) is 49.8 Å². The number of likely N-dealkylation sites (tertiary alicyclic amines) is 2. The van der Waals surface area contributed by atoms with Gasteiger partial charge < -0.3 is 14.9 Å². The van der Waals surface area contributed by atoms with Gasteiger partial charge in [0.05, 0.1) is 5.56 Å². The van der Waals surface area contributed by atoms with Gasteiger partial charge in [-0.15, -0.1) is 0 Å². The molecule has 0 unspecified atom stereocenters. The van der Waals surface area contributed by atoms with Crippen LogP contribution in [0.2, 0.25) is 0 Å². The molecule has 6 heteroatoms. The molecule has 6 nitrogen and oxygen atoms in total. The zero-order valence-corrected chi connectivity index (χ0v) is 15.7. The van der Waals surface area contributed by atoms with Crippen LogP contribution in [-0.2, 0) is 9.59 Å². The van der Waals surface area contributed by atoms with Gasteiger partial charge in [0, 0.05) is 44.9 Å². The first-order valence-corrected chi connectivity index (χ1v) is 9.93. The third-order valence-corrected chi connectivity index (χ3v) is 5.64. The SMILES string of the molecule is O=C(O)c1ccc([C@H]2CCCN(C(=O)CCCN3CCCCC3=O)C2)cc1. The molecule has 27 heavy (non-hydrogen) atoms. The molecule has 2 saturated heterocycles. The lowest BCUT2D eigenvalue weighted by Crippen LogP contribution is -2.40. The number of benzene rings is 1. The number of hydrogen-bond acceptors (Lipinski definition) is 3. The molecule has 3 rings (SSSR count). The minimum atomic E-state index is -0.922. The van der Waals surface area contributed by atoms with Gasteiger partial charge in [-0.2, -0.15) is 0 Å². The highest BCUT2D eigenvalue weighted by Crippen LogP contribution is 2.27. The average molecular weight is 372 g/mol. The van der Waals surface area contributed by atoms with Crippen molar-refractivity contribution in [2.24, 2.45) is 0 Å². The predicted molar refractivity (Wildman–Crippen MR) is 102 cm³/mol. The average Bonchev–Trinajstić information content (AvgIpc) is 2.69. The quantitative estimate of drug-likeness (QED) is 0.833. The highest BCUT2D eigenvalue weighted by molar-refractivity contribution is 5.87. The second-order valence-electron chi connectivity index (χ2n) is 7.55. The van der Waals surface area contributed by atoms with Gasteiger partial charge in [0.2, 0.25) is 11.8 Å². The van der Waals surface area contributed by atoms with Crippen molar-refractivity contribution in [2.45, 2.75) is 50.9 Å². The van der Waals surface area contributed by atoms with Gasteiger partial charge in [0.25, 0.3) is 0 Å². The first-order chi connectivity index (χ1) is 13.0. The molecule has 0 bridgehead atoms. The lowest BCUT2D eigenvalue weighted by molar-refractivity contribution is -0.135. The number of aromatic carboxylic acids is 1. The van der Waals surface area contributed by atoms with E-state index in [-0.39, 0.29) is 23.3 Å². The maximum absolute atomic E-state index is 12.6. The summed E-state index contributed by atoms with van der Waals surface area (Å²) in [6.45, 7) is 2.97. The Morgan fingerprint density at radius 2 is 1.85 bits per heavy atom. The van der Waals surface area contributed by atoms with Crippen LogP contribution in [0.15, 0.2) is 24.3 Å². The number of hydrogen-bond donors (Lipinski definition) is 1. The fraction of sp³-hybridized carbons (Fsp3) is 0.571. The van der Waals surface area contributed by atoms with E-state index < -0.39 is 5.97 Å². The monoisotopic (exact) mass is 372 g/mol. The topological polar surface area (TPSA) is 77.9 Å².